The van der Waals surface area contributed by atoms with Gasteiger partial charge in [-0.25, -0.2) is 4.98 Å². The van der Waals surface area contributed by atoms with Crippen molar-refractivity contribution in [1.82, 2.24) is 15.2 Å². The Morgan fingerprint density at radius 1 is 1.19 bits per heavy atom. The van der Waals surface area contributed by atoms with Crippen molar-refractivity contribution in [3.05, 3.63) is 11.4 Å². The van der Waals surface area contributed by atoms with Crippen LogP contribution in [0.25, 0.3) is 0 Å². The molecule has 0 spiro atoms. The number of aromatic nitrogens is 3. The monoisotopic (exact) mass is 224 g/mol. The Kier molecular flexibility index (Phi) is 5.11. The minimum Gasteiger partial charge on any atom is -0.383 e. The van der Waals surface area contributed by atoms with Crippen LogP contribution in [0.2, 0.25) is 0 Å². The van der Waals surface area contributed by atoms with E-state index in [1.807, 2.05) is 6.92 Å². The zero-order chi connectivity index (χ0) is 12.0. The first-order valence-electron chi connectivity index (χ1n) is 5.69. The van der Waals surface area contributed by atoms with Crippen LogP contribution in [-0.4, -0.2) is 34.9 Å². The molecule has 5 heteroatoms. The molecule has 1 N–H and O–H groups in total. The maximum absolute atomic E-state index is 5.04. The van der Waals surface area contributed by atoms with Crippen LogP contribution in [0.5, 0.6) is 0 Å². The second-order valence-corrected chi connectivity index (χ2v) is 3.74. The summed E-state index contributed by atoms with van der Waals surface area (Å²) < 4.78 is 5.04. The van der Waals surface area contributed by atoms with Gasteiger partial charge in [-0.15, -0.1) is 5.10 Å². The second kappa shape index (κ2) is 6.37. The third-order valence-corrected chi connectivity index (χ3v) is 2.30. The van der Waals surface area contributed by atoms with Gasteiger partial charge in [0, 0.05) is 13.2 Å². The predicted octanol–water partition coefficient (Wildman–Crippen LogP) is 1.44. The van der Waals surface area contributed by atoms with Crippen molar-refractivity contribution >= 4 is 5.95 Å². The lowest BCUT2D eigenvalue weighted by Crippen LogP contribution is -2.23. The molecule has 1 rings (SSSR count). The number of anilines is 1. The van der Waals surface area contributed by atoms with Gasteiger partial charge in [0.05, 0.1) is 18.0 Å². The first kappa shape index (κ1) is 12.8. The normalized spacial score (nSPS) is 12.5. The molecule has 0 fully saturated rings. The van der Waals surface area contributed by atoms with Crippen LogP contribution >= 0.6 is 0 Å². The molecule has 0 aliphatic heterocycles. The molecule has 5 nitrogen and oxygen atoms in total. The molecule has 0 aliphatic carbocycles. The predicted molar refractivity (Wildman–Crippen MR) is 63.5 cm³/mol. The molecule has 1 aromatic heterocycles. The van der Waals surface area contributed by atoms with E-state index in [4.69, 9.17) is 4.74 Å². The van der Waals surface area contributed by atoms with Gasteiger partial charge in [0.1, 0.15) is 0 Å². The van der Waals surface area contributed by atoms with Crippen molar-refractivity contribution in [2.24, 2.45) is 0 Å². The Hall–Kier alpha value is -1.23. The van der Waals surface area contributed by atoms with Gasteiger partial charge in [0.2, 0.25) is 5.95 Å². The van der Waals surface area contributed by atoms with E-state index in [1.165, 1.54) is 0 Å². The highest BCUT2D eigenvalue weighted by molar-refractivity contribution is 5.26. The molecular weight excluding hydrogens is 204 g/mol. The van der Waals surface area contributed by atoms with Crippen molar-refractivity contribution in [2.45, 2.75) is 39.7 Å². The Labute approximate surface area is 96.6 Å². The average Bonchev–Trinajstić information content (AvgIpc) is 2.29. The number of methoxy groups -OCH3 is 1. The molecule has 0 radical (unpaired) electrons. The highest BCUT2D eigenvalue weighted by Gasteiger charge is 2.08. The van der Waals surface area contributed by atoms with Crippen molar-refractivity contribution in [2.75, 3.05) is 19.0 Å². The lowest BCUT2D eigenvalue weighted by molar-refractivity contribution is 0.190. The molecule has 0 saturated carbocycles. The van der Waals surface area contributed by atoms with Crippen LogP contribution in [0.3, 0.4) is 0 Å². The number of hydrogen-bond donors (Lipinski definition) is 1. The number of rotatable bonds is 6. The van der Waals surface area contributed by atoms with Gasteiger partial charge in [-0.05, 0) is 19.8 Å². The van der Waals surface area contributed by atoms with Gasteiger partial charge in [-0.2, -0.15) is 5.10 Å². The minimum absolute atomic E-state index is 0.184. The van der Waals surface area contributed by atoms with Gasteiger partial charge < -0.3 is 10.1 Å². The smallest absolute Gasteiger partial charge is 0.243 e. The van der Waals surface area contributed by atoms with Gasteiger partial charge in [-0.1, -0.05) is 13.8 Å². The van der Waals surface area contributed by atoms with E-state index >= 15 is 0 Å². The van der Waals surface area contributed by atoms with Crippen LogP contribution in [0.1, 0.15) is 32.2 Å². The minimum atomic E-state index is 0.184. The quantitative estimate of drug-likeness (QED) is 0.792. The van der Waals surface area contributed by atoms with E-state index in [1.54, 1.807) is 7.11 Å². The lowest BCUT2D eigenvalue weighted by Gasteiger charge is -2.13. The summed E-state index contributed by atoms with van der Waals surface area (Å²) >= 11 is 0. The lowest BCUT2D eigenvalue weighted by atomic mass is 10.2. The Morgan fingerprint density at radius 3 is 2.44 bits per heavy atom. The third kappa shape index (κ3) is 3.41. The molecule has 0 saturated heterocycles. The fourth-order valence-electron chi connectivity index (χ4n) is 1.51. The van der Waals surface area contributed by atoms with Gasteiger partial charge in [0.25, 0.3) is 0 Å². The summed E-state index contributed by atoms with van der Waals surface area (Å²) in [4.78, 5) is 4.44. The molecule has 0 aliphatic rings. The molecule has 1 heterocycles. The molecule has 0 amide bonds. The Balaban J connectivity index is 2.74. The number of nitrogens with zero attached hydrogens (tertiary/aromatic N) is 3. The summed E-state index contributed by atoms with van der Waals surface area (Å²) in [5.41, 5.74) is 2.00. The number of hydrogen-bond acceptors (Lipinski definition) is 5. The first-order chi connectivity index (χ1) is 7.71. The van der Waals surface area contributed by atoms with E-state index in [-0.39, 0.29) is 6.04 Å². The number of aryl methyl sites for hydroxylation is 2. The van der Waals surface area contributed by atoms with Crippen LogP contribution < -0.4 is 5.32 Å². The molecule has 1 aromatic rings. The summed E-state index contributed by atoms with van der Waals surface area (Å²) in [6.07, 6.45) is 1.75. The van der Waals surface area contributed by atoms with Crippen LogP contribution in [0.15, 0.2) is 0 Å². The van der Waals surface area contributed by atoms with Gasteiger partial charge in [0.15, 0.2) is 0 Å². The van der Waals surface area contributed by atoms with Crippen molar-refractivity contribution in [1.29, 1.82) is 0 Å². The zero-order valence-electron chi connectivity index (χ0n) is 10.4. The SMILES string of the molecule is CCc1nnc(NC(C)COC)nc1CC. The molecule has 1 atom stereocenters. The van der Waals surface area contributed by atoms with E-state index in [9.17, 15) is 0 Å². The van der Waals surface area contributed by atoms with Crippen molar-refractivity contribution in [3.8, 4) is 0 Å². The standard InChI is InChI=1S/C11H20N4O/c1-5-9-10(6-2)14-15-11(13-9)12-8(3)7-16-4/h8H,5-7H2,1-4H3,(H,12,13,15). The molecule has 1 unspecified atom stereocenters. The van der Waals surface area contributed by atoms with E-state index < -0.39 is 0 Å². The summed E-state index contributed by atoms with van der Waals surface area (Å²) in [5, 5.41) is 11.4. The Morgan fingerprint density at radius 2 is 1.88 bits per heavy atom. The van der Waals surface area contributed by atoms with E-state index in [0.717, 1.165) is 24.2 Å². The van der Waals surface area contributed by atoms with Crippen LogP contribution in [0.4, 0.5) is 5.95 Å². The summed E-state index contributed by atoms with van der Waals surface area (Å²) in [5.74, 6) is 0.582. The third-order valence-electron chi connectivity index (χ3n) is 2.30. The van der Waals surface area contributed by atoms with E-state index in [0.29, 0.717) is 12.6 Å². The van der Waals surface area contributed by atoms with Gasteiger partial charge >= 0.3 is 0 Å². The summed E-state index contributed by atoms with van der Waals surface area (Å²) in [7, 11) is 1.68. The fourth-order valence-corrected chi connectivity index (χ4v) is 1.51. The molecule has 90 valence electrons. The van der Waals surface area contributed by atoms with E-state index in [2.05, 4.69) is 34.3 Å². The van der Waals surface area contributed by atoms with Crippen molar-refractivity contribution < 1.29 is 4.74 Å². The molecule has 0 bridgehead atoms. The number of nitrogens with one attached hydrogen (secondary N) is 1. The highest BCUT2D eigenvalue weighted by Crippen LogP contribution is 2.07. The van der Waals surface area contributed by atoms with Gasteiger partial charge in [-0.3, -0.25) is 0 Å². The second-order valence-electron chi connectivity index (χ2n) is 3.74. The average molecular weight is 224 g/mol. The topological polar surface area (TPSA) is 59.9 Å². The maximum atomic E-state index is 5.04. The maximum Gasteiger partial charge on any atom is 0.243 e. The fraction of sp³-hybridized carbons (Fsp3) is 0.727. The largest absolute Gasteiger partial charge is 0.383 e. The van der Waals surface area contributed by atoms with Crippen molar-refractivity contribution in [3.63, 3.8) is 0 Å². The number of ether oxygens (including phenoxy) is 1. The summed E-state index contributed by atoms with van der Waals surface area (Å²) in [6.45, 7) is 6.78. The highest BCUT2D eigenvalue weighted by atomic mass is 16.5. The molecule has 16 heavy (non-hydrogen) atoms. The molecule has 0 aromatic carbocycles. The Bertz CT molecular complexity index is 330. The van der Waals surface area contributed by atoms with Crippen LogP contribution in [-0.2, 0) is 17.6 Å². The molecular formula is C11H20N4O. The first-order valence-corrected chi connectivity index (χ1v) is 5.69. The summed E-state index contributed by atoms with van der Waals surface area (Å²) in [6, 6.07) is 0.184. The zero-order valence-corrected chi connectivity index (χ0v) is 10.4. The van der Waals surface area contributed by atoms with Crippen LogP contribution in [0, 0.1) is 0 Å².